The summed E-state index contributed by atoms with van der Waals surface area (Å²) in [6.07, 6.45) is 0. The molecule has 0 spiro atoms. The lowest BCUT2D eigenvalue weighted by molar-refractivity contribution is 0.693. The lowest BCUT2D eigenvalue weighted by atomic mass is 10.2. The van der Waals surface area contributed by atoms with Gasteiger partial charge in [-0.3, -0.25) is 4.57 Å². The van der Waals surface area contributed by atoms with Gasteiger partial charge in [0.1, 0.15) is 0 Å². The van der Waals surface area contributed by atoms with Crippen molar-refractivity contribution in [1.82, 2.24) is 9.55 Å². The molecule has 0 fully saturated rings. The fourth-order valence-electron chi connectivity index (χ4n) is 1.87. The second-order valence-corrected chi connectivity index (χ2v) is 5.07. The third kappa shape index (κ3) is 2.46. The van der Waals surface area contributed by atoms with E-state index in [4.69, 9.17) is 5.73 Å². The minimum Gasteiger partial charge on any atom is -0.398 e. The fraction of sp³-hybridized carbons (Fsp3) is 0.231. The van der Waals surface area contributed by atoms with Crippen molar-refractivity contribution in [3.63, 3.8) is 0 Å². The number of aromatic nitrogens is 2. The van der Waals surface area contributed by atoms with Crippen LogP contribution in [-0.4, -0.2) is 9.55 Å². The van der Waals surface area contributed by atoms with Gasteiger partial charge < -0.3 is 5.73 Å². The van der Waals surface area contributed by atoms with E-state index in [1.54, 1.807) is 4.57 Å². The van der Waals surface area contributed by atoms with Crippen LogP contribution in [-0.2, 0) is 6.54 Å². The van der Waals surface area contributed by atoms with Gasteiger partial charge in [0, 0.05) is 27.1 Å². The Labute approximate surface area is 114 Å². The summed E-state index contributed by atoms with van der Waals surface area (Å²) < 4.78 is 2.51. The van der Waals surface area contributed by atoms with Crippen LogP contribution >= 0.6 is 15.9 Å². The van der Waals surface area contributed by atoms with Gasteiger partial charge in [-0.1, -0.05) is 22.0 Å². The average molecular weight is 308 g/mol. The van der Waals surface area contributed by atoms with E-state index >= 15 is 0 Å². The Hall–Kier alpha value is -1.62. The molecule has 0 aliphatic heterocycles. The number of hydrogen-bond acceptors (Lipinski definition) is 3. The van der Waals surface area contributed by atoms with Crippen molar-refractivity contribution in [3.05, 3.63) is 56.2 Å². The molecule has 5 heteroatoms. The number of aryl methyl sites for hydroxylation is 2. The van der Waals surface area contributed by atoms with Crippen molar-refractivity contribution in [1.29, 1.82) is 0 Å². The van der Waals surface area contributed by atoms with Gasteiger partial charge in [0.15, 0.2) is 0 Å². The van der Waals surface area contributed by atoms with Gasteiger partial charge in [0.2, 0.25) is 0 Å². The molecule has 94 valence electrons. The fourth-order valence-corrected chi connectivity index (χ4v) is 2.37. The highest BCUT2D eigenvalue weighted by atomic mass is 79.9. The van der Waals surface area contributed by atoms with Gasteiger partial charge in [-0.05, 0) is 32.0 Å². The Morgan fingerprint density at radius 1 is 1.39 bits per heavy atom. The molecule has 4 nitrogen and oxygen atoms in total. The highest BCUT2D eigenvalue weighted by Gasteiger charge is 2.09. The zero-order valence-electron chi connectivity index (χ0n) is 10.3. The second kappa shape index (κ2) is 4.94. The lowest BCUT2D eigenvalue weighted by Gasteiger charge is -2.13. The smallest absolute Gasteiger partial charge is 0.348 e. The first kappa shape index (κ1) is 12.8. The molecule has 0 atom stereocenters. The number of benzene rings is 1. The maximum Gasteiger partial charge on any atom is 0.348 e. The zero-order chi connectivity index (χ0) is 13.3. The number of halogens is 1. The standard InChI is InChI=1S/C13H14BrN3O/c1-8-6-9(2)17(13(18)16-8)7-10-11(14)4-3-5-12(10)15/h3-6H,7,15H2,1-2H3. The molecule has 1 aromatic carbocycles. The topological polar surface area (TPSA) is 60.9 Å². The van der Waals surface area contributed by atoms with Gasteiger partial charge in [-0.15, -0.1) is 0 Å². The molecule has 0 unspecified atom stereocenters. The van der Waals surface area contributed by atoms with Crippen molar-refractivity contribution in [2.45, 2.75) is 20.4 Å². The molecule has 2 rings (SSSR count). The Morgan fingerprint density at radius 3 is 2.72 bits per heavy atom. The molecular weight excluding hydrogens is 294 g/mol. The van der Waals surface area contributed by atoms with Crippen LogP contribution in [0.5, 0.6) is 0 Å². The summed E-state index contributed by atoms with van der Waals surface area (Å²) in [5.74, 6) is 0. The predicted octanol–water partition coefficient (Wildman–Crippen LogP) is 2.25. The minimum atomic E-state index is -0.248. The van der Waals surface area contributed by atoms with Crippen LogP contribution in [0.1, 0.15) is 17.0 Å². The van der Waals surface area contributed by atoms with Gasteiger partial charge >= 0.3 is 5.69 Å². The van der Waals surface area contributed by atoms with Gasteiger partial charge in [-0.25, -0.2) is 4.79 Å². The Kier molecular flexibility index (Phi) is 3.52. The first-order valence-corrected chi connectivity index (χ1v) is 6.36. The van der Waals surface area contributed by atoms with Crippen LogP contribution in [0.15, 0.2) is 33.5 Å². The van der Waals surface area contributed by atoms with Crippen molar-refractivity contribution < 1.29 is 0 Å². The molecule has 0 saturated carbocycles. The largest absolute Gasteiger partial charge is 0.398 e. The van der Waals surface area contributed by atoms with Crippen LogP contribution < -0.4 is 11.4 Å². The average Bonchev–Trinajstić information content (AvgIpc) is 2.26. The lowest BCUT2D eigenvalue weighted by Crippen LogP contribution is -2.26. The molecular formula is C13H14BrN3O. The summed E-state index contributed by atoms with van der Waals surface area (Å²) in [6, 6.07) is 7.48. The summed E-state index contributed by atoms with van der Waals surface area (Å²) in [4.78, 5) is 15.8. The van der Waals surface area contributed by atoms with E-state index in [0.29, 0.717) is 12.2 Å². The third-order valence-electron chi connectivity index (χ3n) is 2.82. The maximum atomic E-state index is 11.9. The van der Waals surface area contributed by atoms with E-state index < -0.39 is 0 Å². The molecule has 0 amide bonds. The van der Waals surface area contributed by atoms with Gasteiger partial charge in [0.05, 0.1) is 6.54 Å². The number of hydrogen-bond donors (Lipinski definition) is 1. The molecule has 1 aromatic heterocycles. The van der Waals surface area contributed by atoms with E-state index in [1.165, 1.54) is 0 Å². The van der Waals surface area contributed by atoms with Crippen molar-refractivity contribution in [2.75, 3.05) is 5.73 Å². The zero-order valence-corrected chi connectivity index (χ0v) is 11.9. The highest BCUT2D eigenvalue weighted by molar-refractivity contribution is 9.10. The van der Waals surface area contributed by atoms with E-state index in [1.807, 2.05) is 38.1 Å². The Morgan fingerprint density at radius 2 is 2.11 bits per heavy atom. The van der Waals surface area contributed by atoms with Gasteiger partial charge in [0.25, 0.3) is 0 Å². The Bertz CT molecular complexity index is 629. The van der Waals surface area contributed by atoms with E-state index in [-0.39, 0.29) is 5.69 Å². The van der Waals surface area contributed by atoms with E-state index in [0.717, 1.165) is 21.4 Å². The van der Waals surface area contributed by atoms with Crippen LogP contribution in [0.25, 0.3) is 0 Å². The normalized spacial score (nSPS) is 10.6. The van der Waals surface area contributed by atoms with Crippen molar-refractivity contribution in [2.24, 2.45) is 0 Å². The number of anilines is 1. The van der Waals surface area contributed by atoms with Crippen LogP contribution in [0, 0.1) is 13.8 Å². The number of rotatable bonds is 2. The molecule has 0 aliphatic carbocycles. The number of nitrogens with zero attached hydrogens (tertiary/aromatic N) is 2. The van der Waals surface area contributed by atoms with E-state index in [2.05, 4.69) is 20.9 Å². The van der Waals surface area contributed by atoms with Crippen molar-refractivity contribution >= 4 is 21.6 Å². The molecule has 0 radical (unpaired) electrons. The predicted molar refractivity (Wildman–Crippen MR) is 75.6 cm³/mol. The molecule has 0 bridgehead atoms. The van der Waals surface area contributed by atoms with Crippen molar-refractivity contribution in [3.8, 4) is 0 Å². The molecule has 0 saturated heterocycles. The molecule has 1 heterocycles. The molecule has 2 aromatic rings. The molecule has 0 aliphatic rings. The Balaban J connectivity index is 2.50. The van der Waals surface area contributed by atoms with Gasteiger partial charge in [-0.2, -0.15) is 4.98 Å². The summed E-state index contributed by atoms with van der Waals surface area (Å²) in [5.41, 5.74) is 8.85. The molecule has 18 heavy (non-hydrogen) atoms. The second-order valence-electron chi connectivity index (χ2n) is 4.22. The number of nitrogen functional groups attached to an aromatic ring is 1. The summed E-state index contributed by atoms with van der Waals surface area (Å²) in [6.45, 7) is 4.12. The van der Waals surface area contributed by atoms with Crippen LogP contribution in [0.4, 0.5) is 5.69 Å². The number of nitrogens with two attached hydrogens (primary N) is 1. The SMILES string of the molecule is Cc1cc(C)n(Cc2c(N)cccc2Br)c(=O)n1. The first-order valence-electron chi connectivity index (χ1n) is 5.57. The van der Waals surface area contributed by atoms with E-state index in [9.17, 15) is 4.79 Å². The summed E-state index contributed by atoms with van der Waals surface area (Å²) in [5, 5.41) is 0. The van der Waals surface area contributed by atoms with Crippen LogP contribution in [0.3, 0.4) is 0 Å². The van der Waals surface area contributed by atoms with Crippen LogP contribution in [0.2, 0.25) is 0 Å². The molecule has 2 N–H and O–H groups in total. The highest BCUT2D eigenvalue weighted by Crippen LogP contribution is 2.23. The third-order valence-corrected chi connectivity index (χ3v) is 3.56. The quantitative estimate of drug-likeness (QED) is 0.866. The summed E-state index contributed by atoms with van der Waals surface area (Å²) >= 11 is 3.45. The monoisotopic (exact) mass is 307 g/mol. The maximum absolute atomic E-state index is 11.9. The first-order chi connectivity index (χ1) is 8.49. The summed E-state index contributed by atoms with van der Waals surface area (Å²) in [7, 11) is 0. The minimum absolute atomic E-state index is 0.248.